The molecule has 0 aromatic rings. The van der Waals surface area contributed by atoms with Gasteiger partial charge in [0.2, 0.25) is 0 Å². The molecule has 0 spiro atoms. The maximum atomic E-state index is 11.4. The summed E-state index contributed by atoms with van der Waals surface area (Å²) in [5.74, 6) is 2.37. The summed E-state index contributed by atoms with van der Waals surface area (Å²) in [7, 11) is -0.626. The molecule has 102 valence electrons. The van der Waals surface area contributed by atoms with Gasteiger partial charge in [0, 0.05) is 34.9 Å². The Labute approximate surface area is 109 Å². The lowest BCUT2D eigenvalue weighted by Crippen LogP contribution is -2.45. The smallest absolute Gasteiger partial charge is 0.0360 e. The zero-order valence-electron chi connectivity index (χ0n) is 11.9. The minimum Gasteiger partial charge on any atom is -0.313 e. The standard InChI is InChI=1S/C14H29NOS/c1-5-17(16)11-10-15-13-9-7-6-8-12(13)14(2,3)4/h12-13,15H,5-11H2,1-4H3. The van der Waals surface area contributed by atoms with Gasteiger partial charge in [-0.1, -0.05) is 40.5 Å². The maximum Gasteiger partial charge on any atom is 0.0360 e. The van der Waals surface area contributed by atoms with Crippen LogP contribution in [-0.2, 0) is 10.8 Å². The highest BCUT2D eigenvalue weighted by Gasteiger charge is 2.33. The van der Waals surface area contributed by atoms with E-state index in [4.69, 9.17) is 0 Å². The van der Waals surface area contributed by atoms with Gasteiger partial charge in [0.05, 0.1) is 0 Å². The summed E-state index contributed by atoms with van der Waals surface area (Å²) in [4.78, 5) is 0. The summed E-state index contributed by atoms with van der Waals surface area (Å²) >= 11 is 0. The first-order valence-electron chi connectivity index (χ1n) is 7.03. The van der Waals surface area contributed by atoms with E-state index in [9.17, 15) is 4.21 Å². The van der Waals surface area contributed by atoms with E-state index in [1.807, 2.05) is 6.92 Å². The monoisotopic (exact) mass is 259 g/mol. The highest BCUT2D eigenvalue weighted by molar-refractivity contribution is 7.84. The van der Waals surface area contributed by atoms with Crippen LogP contribution in [0.5, 0.6) is 0 Å². The molecule has 0 bridgehead atoms. The molecule has 0 radical (unpaired) electrons. The second-order valence-corrected chi connectivity index (χ2v) is 8.12. The lowest BCUT2D eigenvalue weighted by atomic mass is 9.69. The van der Waals surface area contributed by atoms with Crippen molar-refractivity contribution < 1.29 is 4.21 Å². The molecule has 0 aromatic heterocycles. The normalized spacial score (nSPS) is 28.0. The van der Waals surface area contributed by atoms with Crippen molar-refractivity contribution >= 4 is 10.8 Å². The Kier molecular flexibility index (Phi) is 6.14. The summed E-state index contributed by atoms with van der Waals surface area (Å²) in [5, 5.41) is 3.65. The Balaban J connectivity index is 2.41. The van der Waals surface area contributed by atoms with Gasteiger partial charge in [0.1, 0.15) is 0 Å². The summed E-state index contributed by atoms with van der Waals surface area (Å²) in [6.07, 6.45) is 5.36. The fraction of sp³-hybridized carbons (Fsp3) is 1.00. The van der Waals surface area contributed by atoms with E-state index in [1.165, 1.54) is 25.7 Å². The van der Waals surface area contributed by atoms with Crippen molar-refractivity contribution in [2.45, 2.75) is 59.4 Å². The number of rotatable bonds is 5. The van der Waals surface area contributed by atoms with Crippen molar-refractivity contribution in [3.05, 3.63) is 0 Å². The zero-order chi connectivity index (χ0) is 12.9. The van der Waals surface area contributed by atoms with E-state index in [2.05, 4.69) is 26.1 Å². The first-order chi connectivity index (χ1) is 7.95. The molecule has 17 heavy (non-hydrogen) atoms. The number of nitrogens with one attached hydrogen (secondary N) is 1. The van der Waals surface area contributed by atoms with E-state index in [0.717, 1.165) is 24.0 Å². The van der Waals surface area contributed by atoms with Crippen molar-refractivity contribution in [1.82, 2.24) is 5.32 Å². The largest absolute Gasteiger partial charge is 0.313 e. The zero-order valence-corrected chi connectivity index (χ0v) is 12.7. The van der Waals surface area contributed by atoms with Crippen LogP contribution < -0.4 is 5.32 Å². The molecular weight excluding hydrogens is 230 g/mol. The third-order valence-corrected chi connectivity index (χ3v) is 5.24. The fourth-order valence-electron chi connectivity index (χ4n) is 2.91. The molecule has 0 aliphatic heterocycles. The number of hydrogen-bond acceptors (Lipinski definition) is 2. The fourth-order valence-corrected chi connectivity index (χ4v) is 3.55. The predicted octanol–water partition coefficient (Wildman–Crippen LogP) is 2.95. The van der Waals surface area contributed by atoms with Crippen molar-refractivity contribution in [2.75, 3.05) is 18.1 Å². The molecule has 1 aliphatic rings. The van der Waals surface area contributed by atoms with Crippen LogP contribution in [-0.4, -0.2) is 28.3 Å². The summed E-state index contributed by atoms with van der Waals surface area (Å²) < 4.78 is 11.4. The van der Waals surface area contributed by atoms with Crippen LogP contribution in [0.2, 0.25) is 0 Å². The Hall–Kier alpha value is 0.110. The molecule has 0 saturated heterocycles. The van der Waals surface area contributed by atoms with Gasteiger partial charge in [0.25, 0.3) is 0 Å². The first-order valence-corrected chi connectivity index (χ1v) is 8.52. The van der Waals surface area contributed by atoms with Crippen LogP contribution in [0.1, 0.15) is 53.4 Å². The van der Waals surface area contributed by atoms with Crippen molar-refractivity contribution in [3.63, 3.8) is 0 Å². The summed E-state index contributed by atoms with van der Waals surface area (Å²) in [6, 6.07) is 0.637. The highest BCUT2D eigenvalue weighted by atomic mass is 32.2. The maximum absolute atomic E-state index is 11.4. The molecule has 3 heteroatoms. The molecule has 1 fully saturated rings. The van der Waals surface area contributed by atoms with E-state index in [0.29, 0.717) is 11.5 Å². The van der Waals surface area contributed by atoms with Gasteiger partial charge in [-0.3, -0.25) is 4.21 Å². The average Bonchev–Trinajstić information content (AvgIpc) is 2.28. The van der Waals surface area contributed by atoms with Crippen LogP contribution in [0, 0.1) is 11.3 Å². The van der Waals surface area contributed by atoms with Gasteiger partial charge in [0.15, 0.2) is 0 Å². The van der Waals surface area contributed by atoms with Crippen LogP contribution in [0.4, 0.5) is 0 Å². The minimum atomic E-state index is -0.626. The summed E-state index contributed by atoms with van der Waals surface area (Å²) in [6.45, 7) is 9.96. The Bertz CT molecular complexity index is 247. The van der Waals surface area contributed by atoms with E-state index >= 15 is 0 Å². The molecule has 1 rings (SSSR count). The molecule has 2 nitrogen and oxygen atoms in total. The highest BCUT2D eigenvalue weighted by Crippen LogP contribution is 2.37. The minimum absolute atomic E-state index is 0.391. The lowest BCUT2D eigenvalue weighted by molar-refractivity contribution is 0.132. The second kappa shape index (κ2) is 6.89. The lowest BCUT2D eigenvalue weighted by Gasteiger charge is -2.41. The van der Waals surface area contributed by atoms with Gasteiger partial charge >= 0.3 is 0 Å². The number of hydrogen-bond donors (Lipinski definition) is 1. The SMILES string of the molecule is CCS(=O)CCNC1CCCCC1C(C)(C)C. The molecule has 0 heterocycles. The summed E-state index contributed by atoms with van der Waals surface area (Å²) in [5.41, 5.74) is 0.391. The Morgan fingerprint density at radius 3 is 2.47 bits per heavy atom. The van der Waals surface area contributed by atoms with Gasteiger partial charge < -0.3 is 5.32 Å². The van der Waals surface area contributed by atoms with Gasteiger partial charge in [-0.05, 0) is 24.2 Å². The molecule has 3 unspecified atom stereocenters. The van der Waals surface area contributed by atoms with Crippen molar-refractivity contribution in [2.24, 2.45) is 11.3 Å². The molecule has 1 saturated carbocycles. The van der Waals surface area contributed by atoms with Crippen LogP contribution in [0.15, 0.2) is 0 Å². The molecule has 0 amide bonds. The second-order valence-electron chi connectivity index (χ2n) is 6.25. The Morgan fingerprint density at radius 2 is 1.88 bits per heavy atom. The van der Waals surface area contributed by atoms with Crippen molar-refractivity contribution in [3.8, 4) is 0 Å². The van der Waals surface area contributed by atoms with E-state index in [-0.39, 0.29) is 0 Å². The van der Waals surface area contributed by atoms with E-state index < -0.39 is 10.8 Å². The molecule has 3 atom stereocenters. The van der Waals surface area contributed by atoms with Gasteiger partial charge in [-0.15, -0.1) is 0 Å². The topological polar surface area (TPSA) is 29.1 Å². The molecule has 1 N–H and O–H groups in total. The van der Waals surface area contributed by atoms with Crippen LogP contribution in [0.3, 0.4) is 0 Å². The third kappa shape index (κ3) is 5.09. The van der Waals surface area contributed by atoms with Gasteiger partial charge in [-0.2, -0.15) is 0 Å². The Morgan fingerprint density at radius 1 is 1.24 bits per heavy atom. The van der Waals surface area contributed by atoms with E-state index in [1.54, 1.807) is 0 Å². The molecule has 0 aromatic carbocycles. The predicted molar refractivity (Wildman–Crippen MR) is 76.8 cm³/mol. The van der Waals surface area contributed by atoms with Crippen LogP contribution >= 0.6 is 0 Å². The average molecular weight is 259 g/mol. The third-order valence-electron chi connectivity index (χ3n) is 3.94. The molecule has 1 aliphatic carbocycles. The quantitative estimate of drug-likeness (QED) is 0.822. The van der Waals surface area contributed by atoms with Crippen molar-refractivity contribution in [1.29, 1.82) is 0 Å². The van der Waals surface area contributed by atoms with Crippen LogP contribution in [0.25, 0.3) is 0 Å². The first kappa shape index (κ1) is 15.2. The molecular formula is C14H29NOS. The van der Waals surface area contributed by atoms with Gasteiger partial charge in [-0.25, -0.2) is 0 Å².